The minimum Gasteiger partial charge on any atom is -0.497 e. The number of allylic oxidation sites excluding steroid dienone is 1. The first-order valence-electron chi connectivity index (χ1n) is 11.7. The largest absolute Gasteiger partial charge is 0.497 e. The van der Waals surface area contributed by atoms with Gasteiger partial charge in [0.25, 0.3) is 0 Å². The summed E-state index contributed by atoms with van der Waals surface area (Å²) in [5.74, 6) is 1.34. The standard InChI is InChI=1S/C30H31NO4/c1-7-34-29-21(5)30-25(26(17-35-30)22-9-11-23(33-6)12-10-22)16-24(29)19(3)15-28(32)31-27-13-8-18(2)14-20(27)4/h8-17H,7H2,1-6H3,(H,31,32)/b19-15+. The fourth-order valence-corrected chi connectivity index (χ4v) is 4.33. The van der Waals surface area contributed by atoms with E-state index >= 15 is 0 Å². The minimum absolute atomic E-state index is 0.183. The van der Waals surface area contributed by atoms with Crippen LogP contribution in [0.3, 0.4) is 0 Å². The number of hydrogen-bond acceptors (Lipinski definition) is 4. The summed E-state index contributed by atoms with van der Waals surface area (Å²) >= 11 is 0. The van der Waals surface area contributed by atoms with Crippen LogP contribution < -0.4 is 14.8 Å². The molecule has 0 unspecified atom stereocenters. The smallest absolute Gasteiger partial charge is 0.248 e. The summed E-state index contributed by atoms with van der Waals surface area (Å²) in [5.41, 5.74) is 8.33. The third kappa shape index (κ3) is 4.94. The molecule has 0 saturated carbocycles. The van der Waals surface area contributed by atoms with Crippen LogP contribution in [0, 0.1) is 20.8 Å². The van der Waals surface area contributed by atoms with Crippen molar-refractivity contribution in [3.05, 3.63) is 83.1 Å². The Morgan fingerprint density at radius 1 is 1.06 bits per heavy atom. The lowest BCUT2D eigenvalue weighted by atomic mass is 9.96. The van der Waals surface area contributed by atoms with Crippen molar-refractivity contribution in [2.24, 2.45) is 0 Å². The molecular weight excluding hydrogens is 438 g/mol. The van der Waals surface area contributed by atoms with E-state index in [0.717, 1.165) is 67.1 Å². The maximum absolute atomic E-state index is 12.9. The summed E-state index contributed by atoms with van der Waals surface area (Å²) in [4.78, 5) is 12.9. The molecule has 0 spiro atoms. The Kier molecular flexibility index (Phi) is 6.97. The van der Waals surface area contributed by atoms with E-state index in [2.05, 4.69) is 11.4 Å². The Hall–Kier alpha value is -3.99. The molecule has 1 N–H and O–H groups in total. The molecule has 1 aromatic heterocycles. The van der Waals surface area contributed by atoms with Crippen LogP contribution in [0.5, 0.6) is 11.5 Å². The van der Waals surface area contributed by atoms with Gasteiger partial charge in [0, 0.05) is 33.8 Å². The molecule has 3 aromatic carbocycles. The number of carbonyl (C=O) groups excluding carboxylic acids is 1. The van der Waals surface area contributed by atoms with Crippen molar-refractivity contribution in [1.82, 2.24) is 0 Å². The van der Waals surface area contributed by atoms with Gasteiger partial charge < -0.3 is 19.2 Å². The summed E-state index contributed by atoms with van der Waals surface area (Å²) in [5, 5.41) is 3.96. The van der Waals surface area contributed by atoms with Gasteiger partial charge in [0.15, 0.2) is 0 Å². The molecule has 0 atom stereocenters. The van der Waals surface area contributed by atoms with Gasteiger partial charge in [-0.25, -0.2) is 0 Å². The number of amides is 1. The van der Waals surface area contributed by atoms with Crippen LogP contribution in [0.4, 0.5) is 5.69 Å². The maximum Gasteiger partial charge on any atom is 0.248 e. The van der Waals surface area contributed by atoms with Crippen molar-refractivity contribution < 1.29 is 18.7 Å². The number of hydrogen-bond donors (Lipinski definition) is 1. The van der Waals surface area contributed by atoms with Crippen molar-refractivity contribution in [3.63, 3.8) is 0 Å². The SMILES string of the molecule is CCOc1c(/C(C)=C/C(=O)Nc2ccc(C)cc2C)cc2c(-c3ccc(OC)cc3)coc2c1C. The number of carbonyl (C=O) groups is 1. The van der Waals surface area contributed by atoms with Gasteiger partial charge in [-0.15, -0.1) is 0 Å². The highest BCUT2D eigenvalue weighted by Gasteiger charge is 2.19. The molecule has 0 aliphatic rings. The van der Waals surface area contributed by atoms with Crippen molar-refractivity contribution in [2.75, 3.05) is 19.0 Å². The Labute approximate surface area is 206 Å². The summed E-state index contributed by atoms with van der Waals surface area (Å²) in [6.07, 6.45) is 3.39. The molecular formula is C30H31NO4. The van der Waals surface area contributed by atoms with E-state index in [1.807, 2.05) is 77.1 Å². The second kappa shape index (κ2) is 10.1. The van der Waals surface area contributed by atoms with Crippen LogP contribution in [-0.2, 0) is 4.79 Å². The fraction of sp³-hybridized carbons (Fsp3) is 0.233. The molecule has 1 amide bonds. The summed E-state index contributed by atoms with van der Waals surface area (Å²) < 4.78 is 17.3. The summed E-state index contributed by atoms with van der Waals surface area (Å²) in [6.45, 7) is 10.4. The molecule has 0 radical (unpaired) electrons. The second-order valence-electron chi connectivity index (χ2n) is 8.70. The van der Waals surface area contributed by atoms with Crippen molar-refractivity contribution >= 4 is 28.1 Å². The number of aryl methyl sites for hydroxylation is 3. The Bertz CT molecular complexity index is 1410. The monoisotopic (exact) mass is 469 g/mol. The van der Waals surface area contributed by atoms with Crippen molar-refractivity contribution in [1.29, 1.82) is 0 Å². The van der Waals surface area contributed by atoms with Gasteiger partial charge in [-0.1, -0.05) is 29.8 Å². The van der Waals surface area contributed by atoms with Crippen LogP contribution in [0.25, 0.3) is 27.7 Å². The van der Waals surface area contributed by atoms with Crippen LogP contribution in [-0.4, -0.2) is 19.6 Å². The molecule has 4 aromatic rings. The predicted molar refractivity (Wildman–Crippen MR) is 142 cm³/mol. The summed E-state index contributed by atoms with van der Waals surface area (Å²) in [7, 11) is 1.65. The highest BCUT2D eigenvalue weighted by Crippen LogP contribution is 2.41. The van der Waals surface area contributed by atoms with E-state index in [1.165, 1.54) is 0 Å². The topological polar surface area (TPSA) is 60.7 Å². The van der Waals surface area contributed by atoms with E-state index in [1.54, 1.807) is 19.4 Å². The molecule has 0 aliphatic heterocycles. The Morgan fingerprint density at radius 2 is 1.80 bits per heavy atom. The average Bonchev–Trinajstić information content (AvgIpc) is 3.27. The van der Waals surface area contributed by atoms with E-state index in [4.69, 9.17) is 13.9 Å². The molecule has 5 heteroatoms. The van der Waals surface area contributed by atoms with Crippen molar-refractivity contribution in [3.8, 4) is 22.6 Å². The fourth-order valence-electron chi connectivity index (χ4n) is 4.33. The number of rotatable bonds is 7. The first kappa shape index (κ1) is 24.1. The molecule has 180 valence electrons. The lowest BCUT2D eigenvalue weighted by molar-refractivity contribution is -0.111. The van der Waals surface area contributed by atoms with Gasteiger partial charge in [0.1, 0.15) is 17.1 Å². The predicted octanol–water partition coefficient (Wildman–Crippen LogP) is 7.47. The number of benzene rings is 3. The first-order chi connectivity index (χ1) is 16.8. The normalized spacial score (nSPS) is 11.5. The number of anilines is 1. The number of furan rings is 1. The zero-order valence-electron chi connectivity index (χ0n) is 21.1. The van der Waals surface area contributed by atoms with Gasteiger partial charge in [-0.3, -0.25) is 4.79 Å². The lowest BCUT2D eigenvalue weighted by Gasteiger charge is -2.15. The third-order valence-electron chi connectivity index (χ3n) is 6.15. The van der Waals surface area contributed by atoms with Crippen LogP contribution in [0.1, 0.15) is 36.1 Å². The Balaban J connectivity index is 1.76. The molecule has 1 heterocycles. The number of fused-ring (bicyclic) bond motifs is 1. The molecule has 0 aliphatic carbocycles. The molecule has 0 fully saturated rings. The average molecular weight is 470 g/mol. The quantitative estimate of drug-likeness (QED) is 0.285. The molecule has 0 bridgehead atoms. The highest BCUT2D eigenvalue weighted by molar-refractivity contribution is 6.06. The minimum atomic E-state index is -0.183. The van der Waals surface area contributed by atoms with E-state index in [9.17, 15) is 4.79 Å². The molecule has 4 rings (SSSR count). The molecule has 0 saturated heterocycles. The van der Waals surface area contributed by atoms with E-state index < -0.39 is 0 Å². The third-order valence-corrected chi connectivity index (χ3v) is 6.15. The van der Waals surface area contributed by atoms with Crippen molar-refractivity contribution in [2.45, 2.75) is 34.6 Å². The van der Waals surface area contributed by atoms with E-state index in [-0.39, 0.29) is 5.91 Å². The Morgan fingerprint density at radius 3 is 2.46 bits per heavy atom. The zero-order chi connectivity index (χ0) is 25.1. The maximum atomic E-state index is 12.9. The lowest BCUT2D eigenvalue weighted by Crippen LogP contribution is -2.10. The number of ether oxygens (including phenoxy) is 2. The number of methoxy groups -OCH3 is 1. The van der Waals surface area contributed by atoms with Gasteiger partial charge >= 0.3 is 0 Å². The summed E-state index contributed by atoms with van der Waals surface area (Å²) in [6, 6.07) is 15.9. The van der Waals surface area contributed by atoms with Gasteiger partial charge in [0.2, 0.25) is 5.91 Å². The van der Waals surface area contributed by atoms with Gasteiger partial charge in [0.05, 0.1) is 20.0 Å². The van der Waals surface area contributed by atoms with Crippen LogP contribution in [0.2, 0.25) is 0 Å². The van der Waals surface area contributed by atoms with Gasteiger partial charge in [-0.2, -0.15) is 0 Å². The van der Waals surface area contributed by atoms with Gasteiger partial charge in [-0.05, 0) is 75.6 Å². The zero-order valence-corrected chi connectivity index (χ0v) is 21.1. The number of nitrogens with one attached hydrogen (secondary N) is 1. The molecule has 5 nitrogen and oxygen atoms in total. The highest BCUT2D eigenvalue weighted by atomic mass is 16.5. The second-order valence-corrected chi connectivity index (χ2v) is 8.70. The van der Waals surface area contributed by atoms with E-state index in [0.29, 0.717) is 6.61 Å². The first-order valence-corrected chi connectivity index (χ1v) is 11.7. The molecule has 35 heavy (non-hydrogen) atoms. The van der Waals surface area contributed by atoms with Crippen LogP contribution in [0.15, 0.2) is 65.3 Å². The van der Waals surface area contributed by atoms with Crippen LogP contribution >= 0.6 is 0 Å².